The molecule has 1 unspecified atom stereocenters. The van der Waals surface area contributed by atoms with Gasteiger partial charge in [0.2, 0.25) is 0 Å². The zero-order valence-electron chi connectivity index (χ0n) is 11.2. The van der Waals surface area contributed by atoms with Gasteiger partial charge in [0.05, 0.1) is 0 Å². The van der Waals surface area contributed by atoms with E-state index in [2.05, 4.69) is 31.0 Å². The van der Waals surface area contributed by atoms with Crippen molar-refractivity contribution < 1.29 is 0 Å². The average molecular weight is 202 g/mol. The number of rotatable bonds is 1. The Hall–Kier alpha value is -0.0800. The zero-order valence-corrected chi connectivity index (χ0v) is 11.2. The van der Waals surface area contributed by atoms with Crippen LogP contribution in [0.15, 0.2) is 0 Å². The molecule has 0 aromatic heterocycles. The molecule has 0 bridgehead atoms. The van der Waals surface area contributed by atoms with Crippen LogP contribution >= 0.6 is 0 Å². The number of nitrogens with one attached hydrogen (secondary N) is 1. The largest absolute Gasteiger partial charge is 0.314 e. The van der Waals surface area contributed by atoms with Crippen molar-refractivity contribution in [3.05, 3.63) is 0 Å². The summed E-state index contributed by atoms with van der Waals surface area (Å²) in [6, 6.07) is 1.42. The van der Waals surface area contributed by atoms with Crippen LogP contribution in [-0.4, -0.2) is 36.6 Å². The van der Waals surface area contributed by atoms with E-state index in [0.717, 1.165) is 13.1 Å². The second-order valence-corrected chi connectivity index (χ2v) is 3.38. The predicted molar refractivity (Wildman–Crippen MR) is 66.9 cm³/mol. The molecule has 0 radical (unpaired) electrons. The van der Waals surface area contributed by atoms with Crippen LogP contribution in [0.2, 0.25) is 0 Å². The van der Waals surface area contributed by atoms with Crippen LogP contribution in [0, 0.1) is 0 Å². The fraction of sp³-hybridized carbons (Fsp3) is 1.00. The second-order valence-electron chi connectivity index (χ2n) is 3.38. The molecule has 2 heteroatoms. The van der Waals surface area contributed by atoms with Gasteiger partial charge >= 0.3 is 0 Å². The quantitative estimate of drug-likeness (QED) is 0.703. The van der Waals surface area contributed by atoms with Gasteiger partial charge in [-0.1, -0.05) is 27.7 Å². The highest BCUT2D eigenvalue weighted by molar-refractivity contribution is 4.77. The molecule has 0 amide bonds. The molecule has 0 spiro atoms. The second kappa shape index (κ2) is 11.0. The van der Waals surface area contributed by atoms with Crippen LogP contribution in [-0.2, 0) is 0 Å². The lowest BCUT2D eigenvalue weighted by Crippen LogP contribution is -2.52. The molecule has 0 aromatic rings. The Bertz CT molecular complexity index is 102. The van der Waals surface area contributed by atoms with Gasteiger partial charge in [-0.3, -0.25) is 4.90 Å². The summed E-state index contributed by atoms with van der Waals surface area (Å²) in [6.45, 7) is 18.3. The van der Waals surface area contributed by atoms with E-state index in [1.54, 1.807) is 0 Å². The van der Waals surface area contributed by atoms with Gasteiger partial charge < -0.3 is 5.32 Å². The van der Waals surface area contributed by atoms with E-state index >= 15 is 0 Å². The molecule has 1 N–H and O–H groups in total. The molecule has 14 heavy (non-hydrogen) atoms. The zero-order chi connectivity index (χ0) is 11.6. The van der Waals surface area contributed by atoms with Crippen molar-refractivity contribution >= 4 is 0 Å². The minimum atomic E-state index is 0.706. The smallest absolute Gasteiger partial charge is 0.0195 e. The Kier molecular flexibility index (Phi) is 12.8. The summed E-state index contributed by atoms with van der Waals surface area (Å²) in [4.78, 5) is 2.54. The third-order valence-corrected chi connectivity index (χ3v) is 2.22. The van der Waals surface area contributed by atoms with E-state index in [0.29, 0.717) is 12.1 Å². The summed E-state index contributed by atoms with van der Waals surface area (Å²) in [5.74, 6) is 0. The fourth-order valence-electron chi connectivity index (χ4n) is 1.62. The van der Waals surface area contributed by atoms with E-state index in [4.69, 9.17) is 0 Å². The molecule has 1 atom stereocenters. The molecular formula is C12H30N2. The Morgan fingerprint density at radius 3 is 1.93 bits per heavy atom. The Morgan fingerprint density at radius 1 is 1.14 bits per heavy atom. The van der Waals surface area contributed by atoms with Crippen molar-refractivity contribution in [2.24, 2.45) is 0 Å². The Balaban J connectivity index is 0. The van der Waals surface area contributed by atoms with Crippen LogP contribution in [0.1, 0.15) is 48.5 Å². The van der Waals surface area contributed by atoms with Crippen LogP contribution in [0.3, 0.4) is 0 Å². The third kappa shape index (κ3) is 6.39. The predicted octanol–water partition coefficient (Wildman–Crippen LogP) is 2.74. The van der Waals surface area contributed by atoms with E-state index in [1.165, 1.54) is 6.54 Å². The number of hydrogen-bond acceptors (Lipinski definition) is 2. The SMILES string of the molecule is CC.CC.CC(C)N1CCNCC1C. The van der Waals surface area contributed by atoms with Gasteiger partial charge in [0.1, 0.15) is 0 Å². The highest BCUT2D eigenvalue weighted by atomic mass is 15.2. The molecule has 1 rings (SSSR count). The van der Waals surface area contributed by atoms with Crippen molar-refractivity contribution in [2.45, 2.75) is 60.5 Å². The first-order chi connectivity index (χ1) is 6.72. The summed E-state index contributed by atoms with van der Waals surface area (Å²) in [5.41, 5.74) is 0. The highest BCUT2D eigenvalue weighted by Crippen LogP contribution is 2.06. The van der Waals surface area contributed by atoms with Gasteiger partial charge in [-0.2, -0.15) is 0 Å². The van der Waals surface area contributed by atoms with Gasteiger partial charge in [0.15, 0.2) is 0 Å². The number of hydrogen-bond donors (Lipinski definition) is 1. The molecule has 0 aromatic carbocycles. The molecule has 1 aliphatic heterocycles. The molecular weight excluding hydrogens is 172 g/mol. The standard InChI is InChI=1S/C8H18N2.2C2H6/c1-7(2)10-5-4-9-6-8(10)3;2*1-2/h7-9H,4-6H2,1-3H3;2*1-2H3. The molecule has 88 valence electrons. The van der Waals surface area contributed by atoms with Gasteiger partial charge in [-0.05, 0) is 20.8 Å². The van der Waals surface area contributed by atoms with E-state index in [9.17, 15) is 0 Å². The first kappa shape index (κ1) is 16.4. The van der Waals surface area contributed by atoms with Crippen LogP contribution in [0.5, 0.6) is 0 Å². The highest BCUT2D eigenvalue weighted by Gasteiger charge is 2.19. The van der Waals surface area contributed by atoms with Gasteiger partial charge in [0.25, 0.3) is 0 Å². The molecule has 2 nitrogen and oxygen atoms in total. The van der Waals surface area contributed by atoms with Crippen molar-refractivity contribution in [3.8, 4) is 0 Å². The summed E-state index contributed by atoms with van der Waals surface area (Å²) in [6.07, 6.45) is 0. The van der Waals surface area contributed by atoms with Gasteiger partial charge in [-0.15, -0.1) is 0 Å². The van der Waals surface area contributed by atoms with Gasteiger partial charge in [-0.25, -0.2) is 0 Å². The normalized spacial score (nSPS) is 21.9. The molecule has 1 saturated heterocycles. The molecule has 0 aliphatic carbocycles. The maximum atomic E-state index is 3.38. The first-order valence-corrected chi connectivity index (χ1v) is 6.18. The molecule has 0 saturated carbocycles. The maximum absolute atomic E-state index is 3.38. The lowest BCUT2D eigenvalue weighted by atomic mass is 10.2. The lowest BCUT2D eigenvalue weighted by molar-refractivity contribution is 0.135. The van der Waals surface area contributed by atoms with Crippen molar-refractivity contribution in [3.63, 3.8) is 0 Å². The van der Waals surface area contributed by atoms with E-state index in [1.807, 2.05) is 27.7 Å². The minimum absolute atomic E-state index is 0.706. The summed E-state index contributed by atoms with van der Waals surface area (Å²) >= 11 is 0. The Labute approximate surface area is 91.1 Å². The summed E-state index contributed by atoms with van der Waals surface area (Å²) in [7, 11) is 0. The summed E-state index contributed by atoms with van der Waals surface area (Å²) < 4.78 is 0. The van der Waals surface area contributed by atoms with E-state index in [-0.39, 0.29) is 0 Å². The maximum Gasteiger partial charge on any atom is 0.0195 e. The van der Waals surface area contributed by atoms with Crippen molar-refractivity contribution in [2.75, 3.05) is 19.6 Å². The third-order valence-electron chi connectivity index (χ3n) is 2.22. The van der Waals surface area contributed by atoms with Crippen LogP contribution in [0.4, 0.5) is 0 Å². The topological polar surface area (TPSA) is 15.3 Å². The van der Waals surface area contributed by atoms with Crippen LogP contribution < -0.4 is 5.32 Å². The molecule has 1 heterocycles. The van der Waals surface area contributed by atoms with Crippen molar-refractivity contribution in [1.29, 1.82) is 0 Å². The summed E-state index contributed by atoms with van der Waals surface area (Å²) in [5, 5.41) is 3.38. The van der Waals surface area contributed by atoms with E-state index < -0.39 is 0 Å². The number of nitrogens with zero attached hydrogens (tertiary/aromatic N) is 1. The van der Waals surface area contributed by atoms with Gasteiger partial charge in [0, 0.05) is 31.7 Å². The molecule has 1 fully saturated rings. The number of piperazine rings is 1. The monoisotopic (exact) mass is 202 g/mol. The first-order valence-electron chi connectivity index (χ1n) is 6.18. The average Bonchev–Trinajstić information content (AvgIpc) is 2.24. The Morgan fingerprint density at radius 2 is 1.64 bits per heavy atom. The minimum Gasteiger partial charge on any atom is -0.314 e. The lowest BCUT2D eigenvalue weighted by Gasteiger charge is -2.36. The molecule has 1 aliphatic rings. The van der Waals surface area contributed by atoms with Crippen molar-refractivity contribution in [1.82, 2.24) is 10.2 Å². The van der Waals surface area contributed by atoms with Crippen LogP contribution in [0.25, 0.3) is 0 Å². The fourth-order valence-corrected chi connectivity index (χ4v) is 1.62.